The normalized spacial score (nSPS) is 10.7. The summed E-state index contributed by atoms with van der Waals surface area (Å²) >= 11 is 0. The van der Waals surface area contributed by atoms with Crippen LogP contribution in [-0.4, -0.2) is 0 Å². The third kappa shape index (κ3) is 4.83. The standard InChI is InChI=1S/2C13H10O.C7H8/c1-9-5-4-7-11-10-6-2-3-8-12(10)14-13(9)11;1-9-6-7-13-11(8-9)10-4-2-3-5-12(10)14-13;1-7-5-3-2-4-6-7/h2*2-8H,1H3;2-6H,1H3. The zero-order valence-electron chi connectivity index (χ0n) is 20.3. The van der Waals surface area contributed by atoms with Crippen LogP contribution in [0.25, 0.3) is 43.9 Å². The molecule has 7 rings (SSSR count). The first kappa shape index (κ1) is 22.5. The molecule has 2 heteroatoms. The fraction of sp³-hybridized carbons (Fsp3) is 0.0909. The molecule has 0 aliphatic rings. The van der Waals surface area contributed by atoms with Gasteiger partial charge in [-0.3, -0.25) is 0 Å². The molecule has 0 unspecified atom stereocenters. The summed E-state index contributed by atoms with van der Waals surface area (Å²) < 4.78 is 11.5. The Morgan fingerprint density at radius 3 is 1.66 bits per heavy atom. The van der Waals surface area contributed by atoms with Crippen molar-refractivity contribution in [1.82, 2.24) is 0 Å². The van der Waals surface area contributed by atoms with E-state index in [0.29, 0.717) is 0 Å². The third-order valence-corrected chi connectivity index (χ3v) is 6.07. The van der Waals surface area contributed by atoms with Crippen molar-refractivity contribution >= 4 is 43.9 Å². The highest BCUT2D eigenvalue weighted by Crippen LogP contribution is 2.30. The Morgan fingerprint density at radius 2 is 0.971 bits per heavy atom. The van der Waals surface area contributed by atoms with Crippen LogP contribution in [0.5, 0.6) is 0 Å². The predicted molar refractivity (Wildman–Crippen MR) is 148 cm³/mol. The van der Waals surface area contributed by atoms with E-state index in [4.69, 9.17) is 8.83 Å². The van der Waals surface area contributed by atoms with E-state index in [1.54, 1.807) is 0 Å². The maximum Gasteiger partial charge on any atom is 0.138 e. The number of furan rings is 2. The van der Waals surface area contributed by atoms with Crippen LogP contribution in [-0.2, 0) is 0 Å². The highest BCUT2D eigenvalue weighted by Gasteiger charge is 2.07. The van der Waals surface area contributed by atoms with Gasteiger partial charge in [-0.1, -0.05) is 102 Å². The van der Waals surface area contributed by atoms with Gasteiger partial charge in [-0.15, -0.1) is 0 Å². The van der Waals surface area contributed by atoms with Crippen molar-refractivity contribution < 1.29 is 8.83 Å². The Labute approximate surface area is 205 Å². The molecule has 2 aromatic heterocycles. The zero-order valence-corrected chi connectivity index (χ0v) is 20.3. The van der Waals surface area contributed by atoms with Gasteiger partial charge in [-0.05, 0) is 50.6 Å². The van der Waals surface area contributed by atoms with E-state index >= 15 is 0 Å². The van der Waals surface area contributed by atoms with Crippen LogP contribution in [0.4, 0.5) is 0 Å². The van der Waals surface area contributed by atoms with Crippen LogP contribution in [0.1, 0.15) is 16.7 Å². The van der Waals surface area contributed by atoms with Crippen LogP contribution in [0.2, 0.25) is 0 Å². The lowest BCUT2D eigenvalue weighted by atomic mass is 10.1. The summed E-state index contributed by atoms with van der Waals surface area (Å²) in [6.45, 7) is 6.26. The van der Waals surface area contributed by atoms with Gasteiger partial charge in [0.05, 0.1) is 0 Å². The third-order valence-electron chi connectivity index (χ3n) is 6.07. The second-order valence-electron chi connectivity index (χ2n) is 8.80. The molecule has 35 heavy (non-hydrogen) atoms. The molecular weight excluding hydrogens is 428 g/mol. The molecule has 0 aliphatic heterocycles. The highest BCUT2D eigenvalue weighted by atomic mass is 16.3. The molecular formula is C33H28O2. The lowest BCUT2D eigenvalue weighted by Crippen LogP contribution is -1.70. The number of fused-ring (bicyclic) bond motifs is 6. The number of hydrogen-bond acceptors (Lipinski definition) is 2. The fourth-order valence-electron chi connectivity index (χ4n) is 4.26. The van der Waals surface area contributed by atoms with Crippen molar-refractivity contribution in [2.45, 2.75) is 20.8 Å². The summed E-state index contributed by atoms with van der Waals surface area (Å²) in [4.78, 5) is 0. The summed E-state index contributed by atoms with van der Waals surface area (Å²) in [5.74, 6) is 0. The number of benzene rings is 5. The molecule has 0 saturated carbocycles. The van der Waals surface area contributed by atoms with E-state index in [9.17, 15) is 0 Å². The molecule has 7 aromatic rings. The summed E-state index contributed by atoms with van der Waals surface area (Å²) in [5, 5.41) is 4.82. The minimum Gasteiger partial charge on any atom is -0.456 e. The average Bonchev–Trinajstić information content (AvgIpc) is 3.45. The van der Waals surface area contributed by atoms with Gasteiger partial charge in [0.15, 0.2) is 0 Å². The first-order valence-electron chi connectivity index (χ1n) is 11.9. The average molecular weight is 457 g/mol. The smallest absolute Gasteiger partial charge is 0.138 e. The van der Waals surface area contributed by atoms with Crippen LogP contribution in [0.15, 0.2) is 124 Å². The monoisotopic (exact) mass is 456 g/mol. The maximum atomic E-state index is 5.78. The van der Waals surface area contributed by atoms with Crippen molar-refractivity contribution in [3.63, 3.8) is 0 Å². The van der Waals surface area contributed by atoms with Gasteiger partial charge in [-0.25, -0.2) is 0 Å². The van der Waals surface area contributed by atoms with E-state index in [1.165, 1.54) is 38.2 Å². The van der Waals surface area contributed by atoms with Crippen LogP contribution in [0, 0.1) is 20.8 Å². The van der Waals surface area contributed by atoms with E-state index < -0.39 is 0 Å². The topological polar surface area (TPSA) is 26.3 Å². The summed E-state index contributed by atoms with van der Waals surface area (Å²) in [7, 11) is 0. The molecule has 0 spiro atoms. The van der Waals surface area contributed by atoms with Crippen molar-refractivity contribution in [3.8, 4) is 0 Å². The fourth-order valence-corrected chi connectivity index (χ4v) is 4.26. The molecule has 5 aromatic carbocycles. The first-order chi connectivity index (χ1) is 17.1. The molecule has 0 amide bonds. The van der Waals surface area contributed by atoms with Gasteiger partial charge in [0.2, 0.25) is 0 Å². The van der Waals surface area contributed by atoms with Gasteiger partial charge < -0.3 is 8.83 Å². The van der Waals surface area contributed by atoms with Gasteiger partial charge in [-0.2, -0.15) is 0 Å². The number of hydrogen-bond donors (Lipinski definition) is 0. The Kier molecular flexibility index (Phi) is 6.36. The van der Waals surface area contributed by atoms with E-state index in [0.717, 1.165) is 22.3 Å². The largest absolute Gasteiger partial charge is 0.456 e. The first-order valence-corrected chi connectivity index (χ1v) is 11.9. The van der Waals surface area contributed by atoms with Crippen LogP contribution >= 0.6 is 0 Å². The van der Waals surface area contributed by atoms with Crippen molar-refractivity contribution in [2.75, 3.05) is 0 Å². The van der Waals surface area contributed by atoms with Gasteiger partial charge in [0, 0.05) is 21.5 Å². The quantitative estimate of drug-likeness (QED) is 0.227. The molecule has 2 heterocycles. The van der Waals surface area contributed by atoms with Crippen molar-refractivity contribution in [3.05, 3.63) is 132 Å². The minimum atomic E-state index is 0.966. The SMILES string of the molecule is Cc1ccc2oc3ccccc3c2c1.Cc1cccc2c1oc1ccccc12.Cc1ccccc1. The Morgan fingerprint density at radius 1 is 0.400 bits per heavy atom. The Bertz CT molecular complexity index is 1710. The summed E-state index contributed by atoms with van der Waals surface area (Å²) in [6.07, 6.45) is 0. The predicted octanol–water partition coefficient (Wildman–Crippen LogP) is 9.78. The molecule has 2 nitrogen and oxygen atoms in total. The van der Waals surface area contributed by atoms with Gasteiger partial charge in [0.25, 0.3) is 0 Å². The van der Waals surface area contributed by atoms with Crippen molar-refractivity contribution in [2.24, 2.45) is 0 Å². The van der Waals surface area contributed by atoms with E-state index in [-0.39, 0.29) is 0 Å². The molecule has 0 radical (unpaired) electrons. The van der Waals surface area contributed by atoms with Crippen molar-refractivity contribution in [1.29, 1.82) is 0 Å². The van der Waals surface area contributed by atoms with Gasteiger partial charge in [0.1, 0.15) is 22.3 Å². The Balaban J connectivity index is 0.000000115. The van der Waals surface area contributed by atoms with E-state index in [2.05, 4.69) is 75.4 Å². The zero-order chi connectivity index (χ0) is 24.2. The second-order valence-corrected chi connectivity index (χ2v) is 8.80. The second kappa shape index (κ2) is 9.90. The van der Waals surface area contributed by atoms with Gasteiger partial charge >= 0.3 is 0 Å². The molecule has 0 fully saturated rings. The molecule has 172 valence electrons. The lowest BCUT2D eigenvalue weighted by molar-refractivity contribution is 0.666. The highest BCUT2D eigenvalue weighted by molar-refractivity contribution is 6.06. The Hall–Kier alpha value is -4.30. The van der Waals surface area contributed by atoms with Crippen LogP contribution < -0.4 is 0 Å². The molecule has 0 aliphatic carbocycles. The lowest BCUT2D eigenvalue weighted by Gasteiger charge is -1.91. The summed E-state index contributed by atoms with van der Waals surface area (Å²) in [6, 6.07) is 39.1. The molecule has 0 saturated heterocycles. The molecule has 0 N–H and O–H groups in total. The van der Waals surface area contributed by atoms with Crippen LogP contribution in [0.3, 0.4) is 0 Å². The maximum absolute atomic E-state index is 5.78. The number of aryl methyl sites for hydroxylation is 3. The minimum absolute atomic E-state index is 0.966. The molecule has 0 bridgehead atoms. The van der Waals surface area contributed by atoms with E-state index in [1.807, 2.05) is 60.7 Å². The number of rotatable bonds is 0. The number of para-hydroxylation sites is 3. The molecule has 0 atom stereocenters. The summed E-state index contributed by atoms with van der Waals surface area (Å²) in [5.41, 5.74) is 7.70.